The van der Waals surface area contributed by atoms with Crippen molar-refractivity contribution in [2.75, 3.05) is 0 Å². The van der Waals surface area contributed by atoms with Crippen molar-refractivity contribution in [2.45, 2.75) is 6.92 Å². The molecule has 1 aromatic rings. The maximum Gasteiger partial charge on any atom is 0.328 e. The van der Waals surface area contributed by atoms with Crippen molar-refractivity contribution in [1.29, 1.82) is 0 Å². The van der Waals surface area contributed by atoms with Gasteiger partial charge in [0.2, 0.25) is 0 Å². The van der Waals surface area contributed by atoms with Crippen molar-refractivity contribution >= 4 is 12.0 Å². The minimum Gasteiger partial charge on any atom is -0.478 e. The molecule has 5 heteroatoms. The van der Waals surface area contributed by atoms with Gasteiger partial charge in [-0.3, -0.25) is 4.79 Å². The van der Waals surface area contributed by atoms with Crippen LogP contribution in [0.25, 0.3) is 6.08 Å². The Hall–Kier alpha value is -1.91. The monoisotopic (exact) mass is 180 g/mol. The van der Waals surface area contributed by atoms with Gasteiger partial charge in [0.05, 0.1) is 5.56 Å². The Kier molecular flexibility index (Phi) is 2.59. The molecule has 13 heavy (non-hydrogen) atoms. The summed E-state index contributed by atoms with van der Waals surface area (Å²) in [6.07, 6.45) is 3.42. The summed E-state index contributed by atoms with van der Waals surface area (Å²) >= 11 is 0. The summed E-state index contributed by atoms with van der Waals surface area (Å²) in [4.78, 5) is 27.5. The van der Waals surface area contributed by atoms with Crippen LogP contribution < -0.4 is 5.56 Å². The van der Waals surface area contributed by atoms with E-state index in [9.17, 15) is 9.59 Å². The second-order valence-electron chi connectivity index (χ2n) is 2.42. The third-order valence-corrected chi connectivity index (χ3v) is 1.36. The Morgan fingerprint density at radius 3 is 2.92 bits per heavy atom. The first-order chi connectivity index (χ1) is 6.09. The molecule has 68 valence electrons. The lowest BCUT2D eigenvalue weighted by Gasteiger charge is -1.92. The average molecular weight is 180 g/mol. The molecule has 0 saturated carbocycles. The number of aliphatic carboxylic acids is 1. The summed E-state index contributed by atoms with van der Waals surface area (Å²) in [5, 5.41) is 8.30. The maximum atomic E-state index is 11.1. The first kappa shape index (κ1) is 9.18. The smallest absolute Gasteiger partial charge is 0.328 e. The van der Waals surface area contributed by atoms with Crippen molar-refractivity contribution in [3.8, 4) is 0 Å². The van der Waals surface area contributed by atoms with Crippen molar-refractivity contribution in [2.24, 2.45) is 0 Å². The first-order valence-electron chi connectivity index (χ1n) is 3.56. The fourth-order valence-corrected chi connectivity index (χ4v) is 0.774. The molecule has 0 aromatic carbocycles. The van der Waals surface area contributed by atoms with Gasteiger partial charge in [-0.05, 0) is 13.0 Å². The molecule has 0 aliphatic heterocycles. The van der Waals surface area contributed by atoms with Crippen molar-refractivity contribution < 1.29 is 9.90 Å². The summed E-state index contributed by atoms with van der Waals surface area (Å²) in [6, 6.07) is 0. The van der Waals surface area contributed by atoms with Gasteiger partial charge in [0.15, 0.2) is 0 Å². The predicted octanol–water partition coefficient (Wildman–Crippen LogP) is 0.176. The molecular weight excluding hydrogens is 172 g/mol. The van der Waals surface area contributed by atoms with E-state index >= 15 is 0 Å². The topological polar surface area (TPSA) is 83.0 Å². The van der Waals surface area contributed by atoms with Crippen molar-refractivity contribution in [3.05, 3.63) is 34.0 Å². The third kappa shape index (κ3) is 2.55. The fraction of sp³-hybridized carbons (Fsp3) is 0.125. The van der Waals surface area contributed by atoms with Gasteiger partial charge >= 0.3 is 5.97 Å². The number of aromatic amines is 1. The molecule has 0 unspecified atom stereocenters. The largest absolute Gasteiger partial charge is 0.478 e. The number of hydrogen-bond acceptors (Lipinski definition) is 3. The molecule has 0 spiro atoms. The summed E-state index contributed by atoms with van der Waals surface area (Å²) in [5.41, 5.74) is -0.113. The molecule has 0 amide bonds. The van der Waals surface area contributed by atoms with Crippen molar-refractivity contribution in [3.63, 3.8) is 0 Å². The van der Waals surface area contributed by atoms with Gasteiger partial charge in [-0.2, -0.15) is 0 Å². The number of aromatic nitrogens is 2. The zero-order valence-electron chi connectivity index (χ0n) is 6.94. The van der Waals surface area contributed by atoms with Crippen LogP contribution in [0, 0.1) is 6.92 Å². The van der Waals surface area contributed by atoms with E-state index in [0.29, 0.717) is 5.82 Å². The van der Waals surface area contributed by atoms with Gasteiger partial charge < -0.3 is 10.1 Å². The minimum atomic E-state index is -1.10. The third-order valence-electron chi connectivity index (χ3n) is 1.36. The van der Waals surface area contributed by atoms with Crippen LogP contribution in [-0.4, -0.2) is 21.0 Å². The highest BCUT2D eigenvalue weighted by Gasteiger charge is 1.96. The van der Waals surface area contributed by atoms with E-state index < -0.39 is 5.97 Å². The van der Waals surface area contributed by atoms with Crippen LogP contribution in [-0.2, 0) is 4.79 Å². The first-order valence-corrected chi connectivity index (χ1v) is 3.56. The molecule has 0 radical (unpaired) electrons. The van der Waals surface area contributed by atoms with Gasteiger partial charge in [-0.1, -0.05) is 0 Å². The zero-order chi connectivity index (χ0) is 9.84. The van der Waals surface area contributed by atoms with Crippen LogP contribution in [0.4, 0.5) is 0 Å². The summed E-state index contributed by atoms with van der Waals surface area (Å²) in [6.45, 7) is 1.64. The highest BCUT2D eigenvalue weighted by Crippen LogP contribution is 1.91. The lowest BCUT2D eigenvalue weighted by Crippen LogP contribution is -2.11. The lowest BCUT2D eigenvalue weighted by molar-refractivity contribution is -0.131. The van der Waals surface area contributed by atoms with Gasteiger partial charge in [-0.25, -0.2) is 9.78 Å². The van der Waals surface area contributed by atoms with Crippen LogP contribution >= 0.6 is 0 Å². The fourth-order valence-electron chi connectivity index (χ4n) is 0.774. The zero-order valence-corrected chi connectivity index (χ0v) is 6.94. The van der Waals surface area contributed by atoms with Crippen LogP contribution in [0.5, 0.6) is 0 Å². The predicted molar refractivity (Wildman–Crippen MR) is 46.3 cm³/mol. The quantitative estimate of drug-likeness (QED) is 0.636. The van der Waals surface area contributed by atoms with Crippen LogP contribution in [0.3, 0.4) is 0 Å². The van der Waals surface area contributed by atoms with E-state index in [0.717, 1.165) is 6.08 Å². The lowest BCUT2D eigenvalue weighted by atomic mass is 10.3. The number of carbonyl (C=O) groups is 1. The van der Waals surface area contributed by atoms with Crippen LogP contribution in [0.15, 0.2) is 17.1 Å². The number of hydrogen-bond donors (Lipinski definition) is 2. The second-order valence-corrected chi connectivity index (χ2v) is 2.42. The number of carboxylic acid groups (broad SMARTS) is 1. The Balaban J connectivity index is 3.04. The summed E-state index contributed by atoms with van der Waals surface area (Å²) < 4.78 is 0. The van der Waals surface area contributed by atoms with E-state index in [4.69, 9.17) is 5.11 Å². The average Bonchev–Trinajstić information content (AvgIpc) is 2.02. The Morgan fingerprint density at radius 2 is 2.38 bits per heavy atom. The number of carboxylic acids is 1. The summed E-state index contributed by atoms with van der Waals surface area (Å²) in [5.74, 6) is -0.600. The van der Waals surface area contributed by atoms with Gasteiger partial charge in [-0.15, -0.1) is 0 Å². The van der Waals surface area contributed by atoms with E-state index in [2.05, 4.69) is 9.97 Å². The highest BCUT2D eigenvalue weighted by molar-refractivity contribution is 5.85. The molecule has 1 rings (SSSR count). The molecular formula is C8H8N2O3. The molecule has 0 aliphatic rings. The maximum absolute atomic E-state index is 11.1. The highest BCUT2D eigenvalue weighted by atomic mass is 16.4. The van der Waals surface area contributed by atoms with Gasteiger partial charge in [0, 0.05) is 12.3 Å². The molecule has 0 saturated heterocycles. The number of nitrogens with one attached hydrogen (secondary N) is 1. The molecule has 0 atom stereocenters. The van der Waals surface area contributed by atoms with E-state index in [1.807, 2.05) is 0 Å². The molecule has 0 fully saturated rings. The number of rotatable bonds is 2. The standard InChI is InChI=1S/C8H8N2O3/c1-5-9-4-6(8(13)10-5)2-3-7(11)12/h2-4H,1H3,(H,11,12)(H,9,10,13)/b3-2+. The van der Waals surface area contributed by atoms with E-state index in [-0.39, 0.29) is 11.1 Å². The number of nitrogens with zero attached hydrogens (tertiary/aromatic N) is 1. The van der Waals surface area contributed by atoms with Gasteiger partial charge in [0.1, 0.15) is 5.82 Å². The molecule has 1 aromatic heterocycles. The van der Waals surface area contributed by atoms with Crippen LogP contribution in [0.2, 0.25) is 0 Å². The van der Waals surface area contributed by atoms with Gasteiger partial charge in [0.25, 0.3) is 5.56 Å². The molecule has 5 nitrogen and oxygen atoms in total. The van der Waals surface area contributed by atoms with Crippen LogP contribution in [0.1, 0.15) is 11.4 Å². The molecule has 0 aliphatic carbocycles. The minimum absolute atomic E-state index is 0.230. The SMILES string of the molecule is Cc1ncc(/C=C/C(=O)O)c(=O)[nH]1. The van der Waals surface area contributed by atoms with Crippen molar-refractivity contribution in [1.82, 2.24) is 9.97 Å². The van der Waals surface area contributed by atoms with E-state index in [1.54, 1.807) is 6.92 Å². The molecule has 0 bridgehead atoms. The normalized spacial score (nSPS) is 10.5. The Morgan fingerprint density at radius 1 is 1.69 bits per heavy atom. The molecule has 1 heterocycles. The number of H-pyrrole nitrogens is 1. The molecule has 2 N–H and O–H groups in total. The summed E-state index contributed by atoms with van der Waals surface area (Å²) in [7, 11) is 0. The second kappa shape index (κ2) is 3.66. The Bertz CT molecular complexity index is 406. The van der Waals surface area contributed by atoms with E-state index in [1.165, 1.54) is 12.3 Å². The Labute approximate surface area is 73.8 Å². The number of aryl methyl sites for hydroxylation is 1.